The van der Waals surface area contributed by atoms with Crippen molar-refractivity contribution in [3.63, 3.8) is 0 Å². The molecule has 0 fully saturated rings. The summed E-state index contributed by atoms with van der Waals surface area (Å²) in [6.07, 6.45) is 7.83. The van der Waals surface area contributed by atoms with E-state index in [1.807, 2.05) is 24.4 Å². The van der Waals surface area contributed by atoms with Gasteiger partial charge in [0.2, 0.25) is 0 Å². The fourth-order valence-electron chi connectivity index (χ4n) is 4.61. The predicted molar refractivity (Wildman–Crippen MR) is 110 cm³/mol. The van der Waals surface area contributed by atoms with E-state index in [2.05, 4.69) is 15.2 Å². The molecule has 1 aliphatic carbocycles. The van der Waals surface area contributed by atoms with E-state index >= 15 is 0 Å². The highest BCUT2D eigenvalue weighted by molar-refractivity contribution is 6.01. The molecule has 142 valence electrons. The lowest BCUT2D eigenvalue weighted by Gasteiger charge is -2.19. The number of aryl methyl sites for hydroxylation is 1. The quantitative estimate of drug-likeness (QED) is 0.529. The number of nitrogens with zero attached hydrogens (tertiary/aromatic N) is 3. The fourth-order valence-corrected chi connectivity index (χ4v) is 4.61. The lowest BCUT2D eigenvalue weighted by atomic mass is 9.87. The van der Waals surface area contributed by atoms with Crippen LogP contribution in [0.5, 0.6) is 5.88 Å². The van der Waals surface area contributed by atoms with Gasteiger partial charge in [0.15, 0.2) is 5.88 Å². The van der Waals surface area contributed by atoms with E-state index in [4.69, 9.17) is 4.98 Å². The molecular formula is C23H17FN4O. The summed E-state index contributed by atoms with van der Waals surface area (Å²) >= 11 is 0. The molecule has 0 unspecified atom stereocenters. The average Bonchev–Trinajstić information content (AvgIpc) is 3.32. The Kier molecular flexibility index (Phi) is 3.38. The van der Waals surface area contributed by atoms with E-state index < -0.39 is 0 Å². The van der Waals surface area contributed by atoms with Crippen LogP contribution in [0.15, 0.2) is 40.5 Å². The molecule has 2 N–H and O–H groups in total. The average molecular weight is 384 g/mol. The van der Waals surface area contributed by atoms with Crippen molar-refractivity contribution in [1.29, 1.82) is 0 Å². The van der Waals surface area contributed by atoms with Crippen molar-refractivity contribution in [3.8, 4) is 5.88 Å². The summed E-state index contributed by atoms with van der Waals surface area (Å²) in [6.45, 7) is 0. The Balaban J connectivity index is 1.71. The number of pyridine rings is 1. The number of benzene rings is 2. The van der Waals surface area contributed by atoms with Crippen molar-refractivity contribution in [3.05, 3.63) is 69.1 Å². The highest BCUT2D eigenvalue weighted by Crippen LogP contribution is 2.30. The van der Waals surface area contributed by atoms with Crippen molar-refractivity contribution in [2.24, 2.45) is 10.2 Å². The van der Waals surface area contributed by atoms with Crippen LogP contribution in [0.25, 0.3) is 27.9 Å². The van der Waals surface area contributed by atoms with Gasteiger partial charge in [-0.1, -0.05) is 0 Å². The molecule has 6 heteroatoms. The molecule has 0 saturated carbocycles. The Bertz CT molecular complexity index is 1480. The van der Waals surface area contributed by atoms with Gasteiger partial charge in [0.25, 0.3) is 0 Å². The monoisotopic (exact) mass is 384 g/mol. The number of fused-ring (bicyclic) bond motifs is 6. The van der Waals surface area contributed by atoms with Gasteiger partial charge in [0, 0.05) is 27.4 Å². The van der Waals surface area contributed by atoms with E-state index in [0.29, 0.717) is 16.5 Å². The number of rotatable bonds is 1. The van der Waals surface area contributed by atoms with Crippen LogP contribution in [0, 0.1) is 5.82 Å². The molecule has 6 rings (SSSR count). The summed E-state index contributed by atoms with van der Waals surface area (Å²) in [6, 6.07) is 8.38. The summed E-state index contributed by atoms with van der Waals surface area (Å²) in [5, 5.41) is 22.2. The van der Waals surface area contributed by atoms with Gasteiger partial charge in [-0.2, -0.15) is 10.2 Å². The lowest BCUT2D eigenvalue weighted by molar-refractivity contribution is 0.457. The van der Waals surface area contributed by atoms with E-state index in [0.717, 1.165) is 52.9 Å². The topological polar surface area (TPSA) is 73.6 Å². The van der Waals surface area contributed by atoms with Crippen LogP contribution in [0.3, 0.4) is 0 Å². The zero-order valence-electron chi connectivity index (χ0n) is 15.5. The van der Waals surface area contributed by atoms with Crippen LogP contribution < -0.4 is 10.7 Å². The van der Waals surface area contributed by atoms with E-state index in [1.54, 1.807) is 6.07 Å². The van der Waals surface area contributed by atoms with Crippen molar-refractivity contribution < 1.29 is 9.50 Å². The normalized spacial score (nSPS) is 15.7. The second kappa shape index (κ2) is 5.98. The summed E-state index contributed by atoms with van der Waals surface area (Å²) < 4.78 is 13.8. The van der Waals surface area contributed by atoms with Crippen molar-refractivity contribution in [2.45, 2.75) is 25.7 Å². The van der Waals surface area contributed by atoms with Gasteiger partial charge in [-0.05, 0) is 73.2 Å². The number of aromatic amines is 1. The van der Waals surface area contributed by atoms with Gasteiger partial charge in [-0.15, -0.1) is 0 Å². The van der Waals surface area contributed by atoms with Crippen LogP contribution in [0.1, 0.15) is 35.1 Å². The maximum atomic E-state index is 13.8. The minimum Gasteiger partial charge on any atom is -0.494 e. The zero-order valence-corrected chi connectivity index (χ0v) is 15.5. The molecule has 5 nitrogen and oxygen atoms in total. The molecule has 3 heterocycles. The first-order valence-corrected chi connectivity index (χ1v) is 9.76. The first-order valence-electron chi connectivity index (χ1n) is 9.76. The number of H-pyrrole nitrogens is 1. The minimum absolute atomic E-state index is 0.0249. The highest BCUT2D eigenvalue weighted by atomic mass is 19.1. The number of hydrogen-bond donors (Lipinski definition) is 2. The molecule has 2 aliphatic rings. The minimum atomic E-state index is -0.335. The number of aromatic hydroxyl groups is 1. The standard InChI is InChI=1S/C23H17FN4O/c24-12-5-6-18-15(9-12)16(23(29)27-18)10-21-13-3-1-2-4-14(13)22-17-11-25-28-19(17)7-8-20(22)26-21/h5-11,27,29H,1-4H2/b21-10-. The molecule has 0 saturated heterocycles. The van der Waals surface area contributed by atoms with Crippen LogP contribution in [0.2, 0.25) is 0 Å². The third kappa shape index (κ3) is 2.42. The van der Waals surface area contributed by atoms with Crippen LogP contribution in [-0.2, 0) is 12.8 Å². The zero-order chi connectivity index (χ0) is 19.5. The van der Waals surface area contributed by atoms with Gasteiger partial charge in [-0.3, -0.25) is 0 Å². The van der Waals surface area contributed by atoms with Crippen molar-refractivity contribution >= 4 is 34.1 Å². The fraction of sp³-hybridized carbons (Fsp3) is 0.174. The lowest BCUT2D eigenvalue weighted by Crippen LogP contribution is -2.22. The van der Waals surface area contributed by atoms with Gasteiger partial charge in [-0.25, -0.2) is 9.37 Å². The first kappa shape index (κ1) is 16.4. The smallest absolute Gasteiger partial charge is 0.196 e. The maximum absolute atomic E-state index is 13.8. The van der Waals surface area contributed by atoms with Gasteiger partial charge >= 0.3 is 0 Å². The van der Waals surface area contributed by atoms with E-state index in [-0.39, 0.29) is 11.7 Å². The molecule has 0 bridgehead atoms. The predicted octanol–water partition coefficient (Wildman–Crippen LogP) is 3.24. The maximum Gasteiger partial charge on any atom is 0.196 e. The van der Waals surface area contributed by atoms with Gasteiger partial charge < -0.3 is 10.1 Å². The SMILES string of the molecule is Oc1[nH]c2ccc(F)cc2c1/C=c1\nc2ccc3c(c2c2c1CCCC2)C=NN=3. The van der Waals surface area contributed by atoms with Crippen molar-refractivity contribution in [2.75, 3.05) is 0 Å². The third-order valence-corrected chi connectivity index (χ3v) is 5.93. The highest BCUT2D eigenvalue weighted by Gasteiger charge is 2.20. The number of aromatic nitrogens is 2. The first-order chi connectivity index (χ1) is 14.2. The molecule has 0 amide bonds. The second-order valence-electron chi connectivity index (χ2n) is 7.62. The molecule has 2 aromatic carbocycles. The Hall–Kier alpha value is -3.54. The summed E-state index contributed by atoms with van der Waals surface area (Å²) in [4.78, 5) is 7.86. The van der Waals surface area contributed by atoms with E-state index in [9.17, 15) is 9.50 Å². The number of hydrogen-bond acceptors (Lipinski definition) is 4. The molecule has 4 aromatic rings. The molecule has 0 atom stereocenters. The molecule has 0 spiro atoms. The van der Waals surface area contributed by atoms with Gasteiger partial charge in [0.1, 0.15) is 5.82 Å². The van der Waals surface area contributed by atoms with Crippen LogP contribution >= 0.6 is 0 Å². The molecular weight excluding hydrogens is 367 g/mol. The van der Waals surface area contributed by atoms with Crippen molar-refractivity contribution in [1.82, 2.24) is 9.97 Å². The van der Waals surface area contributed by atoms with E-state index in [1.165, 1.54) is 23.3 Å². The third-order valence-electron chi connectivity index (χ3n) is 5.93. The van der Waals surface area contributed by atoms with Crippen LogP contribution in [0.4, 0.5) is 4.39 Å². The number of halogens is 1. The Morgan fingerprint density at radius 2 is 1.93 bits per heavy atom. The van der Waals surface area contributed by atoms with Gasteiger partial charge in [0.05, 0.1) is 22.4 Å². The Labute approximate surface area is 164 Å². The largest absolute Gasteiger partial charge is 0.494 e. The summed E-state index contributed by atoms with van der Waals surface area (Å²) in [5.74, 6) is -0.310. The summed E-state index contributed by atoms with van der Waals surface area (Å²) in [7, 11) is 0. The number of nitrogens with one attached hydrogen (secondary N) is 1. The molecule has 29 heavy (non-hydrogen) atoms. The second-order valence-corrected chi connectivity index (χ2v) is 7.62. The Morgan fingerprint density at radius 1 is 1.07 bits per heavy atom. The molecule has 0 radical (unpaired) electrons. The Morgan fingerprint density at radius 3 is 2.83 bits per heavy atom. The van der Waals surface area contributed by atoms with Crippen LogP contribution in [-0.4, -0.2) is 21.3 Å². The molecule has 2 aromatic heterocycles. The summed E-state index contributed by atoms with van der Waals surface area (Å²) in [5.41, 5.74) is 5.68. The molecule has 1 aliphatic heterocycles.